The van der Waals surface area contributed by atoms with Gasteiger partial charge in [-0.25, -0.2) is 4.99 Å². The van der Waals surface area contributed by atoms with Crippen molar-refractivity contribution in [2.45, 2.75) is 39.3 Å². The Morgan fingerprint density at radius 3 is 2.67 bits per heavy atom. The summed E-state index contributed by atoms with van der Waals surface area (Å²) in [6.07, 6.45) is 4.28. The first-order chi connectivity index (χ1) is 12.8. The zero-order valence-corrected chi connectivity index (χ0v) is 18.6. The van der Waals surface area contributed by atoms with Crippen molar-refractivity contribution in [2.75, 3.05) is 26.2 Å². The van der Waals surface area contributed by atoms with Crippen LogP contribution in [0.2, 0.25) is 0 Å². The summed E-state index contributed by atoms with van der Waals surface area (Å²) in [5, 5.41) is 6.86. The lowest BCUT2D eigenvalue weighted by molar-refractivity contribution is 0.215. The molecule has 0 amide bonds. The van der Waals surface area contributed by atoms with Gasteiger partial charge in [0.25, 0.3) is 0 Å². The summed E-state index contributed by atoms with van der Waals surface area (Å²) in [7, 11) is 0. The van der Waals surface area contributed by atoms with Crippen LogP contribution in [0.3, 0.4) is 0 Å². The molecule has 1 atom stereocenters. The van der Waals surface area contributed by atoms with Gasteiger partial charge >= 0.3 is 0 Å². The fraction of sp³-hybridized carbons (Fsp3) is 0.476. The van der Waals surface area contributed by atoms with Gasteiger partial charge < -0.3 is 15.1 Å². The Morgan fingerprint density at radius 1 is 1.19 bits per heavy atom. The molecule has 1 aliphatic rings. The summed E-state index contributed by atoms with van der Waals surface area (Å²) in [6.45, 7) is 8.76. The topological polar surface area (TPSA) is 52.8 Å². The lowest BCUT2D eigenvalue weighted by Gasteiger charge is -2.26. The molecule has 2 aromatic rings. The molecule has 1 aliphatic heterocycles. The second-order valence-electron chi connectivity index (χ2n) is 6.84. The molecule has 0 radical (unpaired) electrons. The standard InChI is InChI=1S/C21H30N4O.HI/c1-3-22-21(23-15-18-9-6-8-17(2)14-18)24-16-19(20-10-7-13-26-20)25-11-4-5-12-25;/h6-10,13-14,19H,3-5,11-12,15-16H2,1-2H3,(H2,22,23,24);1H. The fourth-order valence-corrected chi connectivity index (χ4v) is 3.46. The third kappa shape index (κ3) is 6.53. The van der Waals surface area contributed by atoms with Crippen LogP contribution in [0.25, 0.3) is 0 Å². The van der Waals surface area contributed by atoms with E-state index in [9.17, 15) is 0 Å². The van der Waals surface area contributed by atoms with Gasteiger partial charge in [0.05, 0.1) is 18.8 Å². The molecule has 1 saturated heterocycles. The van der Waals surface area contributed by atoms with Crippen LogP contribution in [-0.4, -0.2) is 37.0 Å². The molecule has 0 spiro atoms. The Labute approximate surface area is 179 Å². The highest BCUT2D eigenvalue weighted by atomic mass is 127. The summed E-state index contributed by atoms with van der Waals surface area (Å²) in [6, 6.07) is 12.8. The van der Waals surface area contributed by atoms with E-state index in [0.29, 0.717) is 6.54 Å². The summed E-state index contributed by atoms with van der Waals surface area (Å²) < 4.78 is 5.70. The average Bonchev–Trinajstić information content (AvgIpc) is 3.34. The minimum Gasteiger partial charge on any atom is -0.468 e. The predicted molar refractivity (Wildman–Crippen MR) is 122 cm³/mol. The van der Waals surface area contributed by atoms with Crippen LogP contribution in [0, 0.1) is 6.92 Å². The number of aryl methyl sites for hydroxylation is 1. The number of likely N-dealkylation sites (tertiary alicyclic amines) is 1. The molecule has 1 aromatic heterocycles. The maximum Gasteiger partial charge on any atom is 0.191 e. The van der Waals surface area contributed by atoms with Crippen molar-refractivity contribution in [3.05, 3.63) is 59.5 Å². The number of nitrogens with zero attached hydrogens (tertiary/aromatic N) is 2. The molecule has 3 rings (SSSR count). The summed E-state index contributed by atoms with van der Waals surface area (Å²) in [4.78, 5) is 7.25. The highest BCUT2D eigenvalue weighted by Gasteiger charge is 2.25. The highest BCUT2D eigenvalue weighted by molar-refractivity contribution is 14.0. The fourth-order valence-electron chi connectivity index (χ4n) is 3.46. The van der Waals surface area contributed by atoms with Crippen molar-refractivity contribution in [1.29, 1.82) is 0 Å². The molecule has 6 heteroatoms. The lowest BCUT2D eigenvalue weighted by atomic mass is 10.1. The maximum absolute atomic E-state index is 5.70. The molecule has 0 bridgehead atoms. The number of nitrogens with one attached hydrogen (secondary N) is 2. The summed E-state index contributed by atoms with van der Waals surface area (Å²) >= 11 is 0. The highest BCUT2D eigenvalue weighted by Crippen LogP contribution is 2.24. The van der Waals surface area contributed by atoms with Crippen LogP contribution in [0.5, 0.6) is 0 Å². The van der Waals surface area contributed by atoms with Gasteiger partial charge in [0, 0.05) is 13.1 Å². The summed E-state index contributed by atoms with van der Waals surface area (Å²) in [5.74, 6) is 1.87. The molecule has 0 aliphatic carbocycles. The van der Waals surface area contributed by atoms with E-state index >= 15 is 0 Å². The monoisotopic (exact) mass is 482 g/mol. The smallest absolute Gasteiger partial charge is 0.191 e. The minimum absolute atomic E-state index is 0. The maximum atomic E-state index is 5.70. The predicted octanol–water partition coefficient (Wildman–Crippen LogP) is 4.10. The zero-order valence-electron chi connectivity index (χ0n) is 16.3. The lowest BCUT2D eigenvalue weighted by Crippen LogP contribution is -2.42. The first kappa shape index (κ1) is 21.8. The Morgan fingerprint density at radius 2 is 2.00 bits per heavy atom. The van der Waals surface area contributed by atoms with Gasteiger partial charge in [-0.05, 0) is 57.5 Å². The third-order valence-electron chi connectivity index (χ3n) is 4.76. The molecule has 1 unspecified atom stereocenters. The first-order valence-corrected chi connectivity index (χ1v) is 9.61. The third-order valence-corrected chi connectivity index (χ3v) is 4.76. The van der Waals surface area contributed by atoms with E-state index in [-0.39, 0.29) is 30.0 Å². The Hall–Kier alpha value is -1.54. The van der Waals surface area contributed by atoms with Crippen molar-refractivity contribution in [3.8, 4) is 0 Å². The molecule has 5 nitrogen and oxygen atoms in total. The molecule has 1 fully saturated rings. The first-order valence-electron chi connectivity index (χ1n) is 9.61. The Bertz CT molecular complexity index is 696. The Balaban J connectivity index is 0.00000261. The molecular formula is C21H31IN4O. The number of furan rings is 1. The van der Waals surface area contributed by atoms with Crippen LogP contribution in [-0.2, 0) is 6.54 Å². The SMILES string of the molecule is CCNC(=NCc1cccc(C)c1)NCC(c1ccco1)N1CCCC1.I. The number of hydrogen-bond donors (Lipinski definition) is 2. The number of benzene rings is 1. The zero-order chi connectivity index (χ0) is 18.2. The van der Waals surface area contributed by atoms with Crippen molar-refractivity contribution in [2.24, 2.45) is 4.99 Å². The Kier molecular flexibility index (Phi) is 9.14. The molecule has 2 heterocycles. The van der Waals surface area contributed by atoms with E-state index in [1.807, 2.05) is 6.07 Å². The number of hydrogen-bond acceptors (Lipinski definition) is 3. The van der Waals surface area contributed by atoms with Gasteiger partial charge in [0.15, 0.2) is 5.96 Å². The minimum atomic E-state index is 0. The van der Waals surface area contributed by atoms with Crippen LogP contribution >= 0.6 is 24.0 Å². The van der Waals surface area contributed by atoms with E-state index in [0.717, 1.165) is 37.9 Å². The summed E-state index contributed by atoms with van der Waals surface area (Å²) in [5.41, 5.74) is 2.49. The van der Waals surface area contributed by atoms with Crippen LogP contribution in [0.1, 0.15) is 42.7 Å². The molecular weight excluding hydrogens is 451 g/mol. The van der Waals surface area contributed by atoms with Crippen molar-refractivity contribution in [3.63, 3.8) is 0 Å². The van der Waals surface area contributed by atoms with Gasteiger partial charge in [-0.3, -0.25) is 4.90 Å². The normalized spacial score (nSPS) is 16.0. The molecule has 1 aromatic carbocycles. The van der Waals surface area contributed by atoms with Crippen molar-refractivity contribution in [1.82, 2.24) is 15.5 Å². The van der Waals surface area contributed by atoms with Gasteiger partial charge in [-0.1, -0.05) is 29.8 Å². The van der Waals surface area contributed by atoms with E-state index in [2.05, 4.69) is 59.7 Å². The quantitative estimate of drug-likeness (QED) is 0.355. The van der Waals surface area contributed by atoms with E-state index in [1.54, 1.807) is 6.26 Å². The van der Waals surface area contributed by atoms with Crippen molar-refractivity contribution >= 4 is 29.9 Å². The number of guanidine groups is 1. The van der Waals surface area contributed by atoms with Gasteiger partial charge in [0.2, 0.25) is 0 Å². The largest absolute Gasteiger partial charge is 0.468 e. The second-order valence-corrected chi connectivity index (χ2v) is 6.84. The number of rotatable bonds is 7. The number of aliphatic imine (C=N–C) groups is 1. The van der Waals surface area contributed by atoms with Crippen LogP contribution < -0.4 is 10.6 Å². The average molecular weight is 482 g/mol. The van der Waals surface area contributed by atoms with E-state index < -0.39 is 0 Å². The molecule has 2 N–H and O–H groups in total. The van der Waals surface area contributed by atoms with Gasteiger partial charge in [0.1, 0.15) is 5.76 Å². The van der Waals surface area contributed by atoms with Gasteiger partial charge in [-0.15, -0.1) is 24.0 Å². The van der Waals surface area contributed by atoms with Crippen LogP contribution in [0.4, 0.5) is 0 Å². The van der Waals surface area contributed by atoms with Crippen molar-refractivity contribution < 1.29 is 4.42 Å². The van der Waals surface area contributed by atoms with E-state index in [1.165, 1.54) is 24.0 Å². The van der Waals surface area contributed by atoms with Crippen LogP contribution in [0.15, 0.2) is 52.1 Å². The van der Waals surface area contributed by atoms with E-state index in [4.69, 9.17) is 9.41 Å². The molecule has 27 heavy (non-hydrogen) atoms. The second kappa shape index (κ2) is 11.3. The molecule has 148 valence electrons. The molecule has 0 saturated carbocycles. The van der Waals surface area contributed by atoms with Gasteiger partial charge in [-0.2, -0.15) is 0 Å². The number of halogens is 1.